The van der Waals surface area contributed by atoms with E-state index in [-0.39, 0.29) is 12.6 Å². The molecule has 4 heteroatoms. The van der Waals surface area contributed by atoms with Crippen molar-refractivity contribution in [2.75, 3.05) is 31.6 Å². The van der Waals surface area contributed by atoms with Crippen molar-refractivity contribution in [3.05, 3.63) is 28.7 Å². The van der Waals surface area contributed by atoms with E-state index in [0.29, 0.717) is 6.04 Å². The lowest BCUT2D eigenvalue weighted by Crippen LogP contribution is -2.57. The summed E-state index contributed by atoms with van der Waals surface area (Å²) in [6.07, 6.45) is 0. The Bertz CT molecular complexity index is 368. The maximum absolute atomic E-state index is 9.41. The molecule has 1 saturated heterocycles. The van der Waals surface area contributed by atoms with Gasteiger partial charge >= 0.3 is 0 Å². The van der Waals surface area contributed by atoms with E-state index in [1.807, 2.05) is 0 Å². The van der Waals surface area contributed by atoms with Gasteiger partial charge in [0.05, 0.1) is 12.6 Å². The number of hydrogen-bond acceptors (Lipinski definition) is 3. The number of halogens is 1. The predicted octanol–water partition coefficient (Wildman–Crippen LogP) is 1.95. The molecule has 1 N–H and O–H groups in total. The highest BCUT2D eigenvalue weighted by Crippen LogP contribution is 2.23. The Morgan fingerprint density at radius 3 is 2.53 bits per heavy atom. The van der Waals surface area contributed by atoms with E-state index < -0.39 is 0 Å². The van der Waals surface area contributed by atoms with Crippen LogP contribution in [0.15, 0.2) is 28.7 Å². The first-order valence-corrected chi connectivity index (χ1v) is 6.74. The molecule has 3 nitrogen and oxygen atoms in total. The third kappa shape index (κ3) is 2.81. The molecule has 94 valence electrons. The minimum atomic E-state index is 0.216. The number of likely N-dealkylation sites (N-methyl/N-ethyl adjacent to an activating group) is 1. The molecule has 1 fully saturated rings. The Morgan fingerprint density at radius 2 is 1.94 bits per heavy atom. The molecule has 1 aliphatic heterocycles. The maximum Gasteiger partial charge on any atom is 0.0604 e. The van der Waals surface area contributed by atoms with Crippen LogP contribution in [0.4, 0.5) is 5.69 Å². The SMILES string of the molecule is CC1CN(c2ccc(Br)cc2)CC(CO)N1C. The smallest absolute Gasteiger partial charge is 0.0604 e. The van der Waals surface area contributed by atoms with Gasteiger partial charge in [0.1, 0.15) is 0 Å². The number of aliphatic hydroxyl groups is 1. The number of rotatable bonds is 2. The molecule has 0 amide bonds. The lowest BCUT2D eigenvalue weighted by atomic mass is 10.1. The molecular weight excluding hydrogens is 280 g/mol. The number of anilines is 1. The van der Waals surface area contributed by atoms with Gasteiger partial charge in [-0.05, 0) is 38.2 Å². The van der Waals surface area contributed by atoms with Gasteiger partial charge in [0, 0.05) is 29.3 Å². The van der Waals surface area contributed by atoms with E-state index in [9.17, 15) is 5.11 Å². The molecule has 17 heavy (non-hydrogen) atoms. The normalized spacial score (nSPS) is 26.2. The topological polar surface area (TPSA) is 26.7 Å². The maximum atomic E-state index is 9.41. The highest BCUT2D eigenvalue weighted by atomic mass is 79.9. The summed E-state index contributed by atoms with van der Waals surface area (Å²) in [7, 11) is 2.09. The summed E-state index contributed by atoms with van der Waals surface area (Å²) in [5.41, 5.74) is 1.23. The summed E-state index contributed by atoms with van der Waals surface area (Å²) >= 11 is 3.45. The second-order valence-electron chi connectivity index (χ2n) is 4.73. The molecular formula is C13H19BrN2O. The summed E-state index contributed by atoms with van der Waals surface area (Å²) in [5, 5.41) is 9.41. The minimum Gasteiger partial charge on any atom is -0.395 e. The van der Waals surface area contributed by atoms with Crippen LogP contribution in [0.5, 0.6) is 0 Å². The summed E-state index contributed by atoms with van der Waals surface area (Å²) in [4.78, 5) is 4.60. The molecule has 0 aliphatic carbocycles. The van der Waals surface area contributed by atoms with Crippen molar-refractivity contribution in [1.29, 1.82) is 0 Å². The number of piperazine rings is 1. The molecule has 0 saturated carbocycles. The van der Waals surface area contributed by atoms with E-state index in [2.05, 4.69) is 64.0 Å². The van der Waals surface area contributed by atoms with Gasteiger partial charge in [-0.3, -0.25) is 4.90 Å². The minimum absolute atomic E-state index is 0.216. The van der Waals surface area contributed by atoms with Crippen LogP contribution in [0, 0.1) is 0 Å². The van der Waals surface area contributed by atoms with E-state index in [4.69, 9.17) is 0 Å². The fourth-order valence-electron chi connectivity index (χ4n) is 2.31. The Labute approximate surface area is 111 Å². The lowest BCUT2D eigenvalue weighted by Gasteiger charge is -2.44. The molecule has 2 unspecified atom stereocenters. The Hall–Kier alpha value is -0.580. The Kier molecular flexibility index (Phi) is 4.07. The molecule has 1 aliphatic rings. The standard InChI is InChI=1S/C13H19BrN2O/c1-10-7-16(8-13(9-17)15(10)2)12-5-3-11(14)4-6-12/h3-6,10,13,17H,7-9H2,1-2H3. The molecule has 0 radical (unpaired) electrons. The van der Waals surface area contributed by atoms with Gasteiger partial charge < -0.3 is 10.0 Å². The van der Waals surface area contributed by atoms with Crippen molar-refractivity contribution < 1.29 is 5.11 Å². The highest BCUT2D eigenvalue weighted by Gasteiger charge is 2.28. The number of benzene rings is 1. The van der Waals surface area contributed by atoms with E-state index in [1.165, 1.54) is 5.69 Å². The molecule has 0 bridgehead atoms. The monoisotopic (exact) mass is 298 g/mol. The average Bonchev–Trinajstić information content (AvgIpc) is 2.33. The first kappa shape index (κ1) is 12.9. The molecule has 1 aromatic carbocycles. The summed E-state index contributed by atoms with van der Waals surface area (Å²) in [5.74, 6) is 0. The molecule has 2 atom stereocenters. The first-order chi connectivity index (χ1) is 8.11. The van der Waals surface area contributed by atoms with Crippen LogP contribution in [-0.4, -0.2) is 48.8 Å². The zero-order valence-electron chi connectivity index (χ0n) is 10.3. The van der Waals surface area contributed by atoms with Crippen molar-refractivity contribution in [1.82, 2.24) is 4.90 Å². The zero-order chi connectivity index (χ0) is 12.4. The van der Waals surface area contributed by atoms with Crippen LogP contribution in [-0.2, 0) is 0 Å². The molecule has 2 rings (SSSR count). The number of aliphatic hydroxyl groups excluding tert-OH is 1. The summed E-state index contributed by atoms with van der Waals surface area (Å²) < 4.78 is 1.10. The van der Waals surface area contributed by atoms with Crippen molar-refractivity contribution in [3.8, 4) is 0 Å². The van der Waals surface area contributed by atoms with Gasteiger partial charge in [-0.15, -0.1) is 0 Å². The van der Waals surface area contributed by atoms with Gasteiger partial charge in [0.2, 0.25) is 0 Å². The fourth-order valence-corrected chi connectivity index (χ4v) is 2.58. The molecule has 1 aromatic rings. The van der Waals surface area contributed by atoms with E-state index in [1.54, 1.807) is 0 Å². The second kappa shape index (κ2) is 5.38. The Morgan fingerprint density at radius 1 is 1.29 bits per heavy atom. The van der Waals surface area contributed by atoms with Gasteiger partial charge in [-0.1, -0.05) is 15.9 Å². The number of hydrogen-bond donors (Lipinski definition) is 1. The average molecular weight is 299 g/mol. The van der Waals surface area contributed by atoms with Gasteiger partial charge in [-0.2, -0.15) is 0 Å². The van der Waals surface area contributed by atoms with Gasteiger partial charge in [0.15, 0.2) is 0 Å². The van der Waals surface area contributed by atoms with Crippen LogP contribution in [0.3, 0.4) is 0 Å². The predicted molar refractivity (Wildman–Crippen MR) is 74.5 cm³/mol. The Balaban J connectivity index is 2.14. The highest BCUT2D eigenvalue weighted by molar-refractivity contribution is 9.10. The number of nitrogens with zero attached hydrogens (tertiary/aromatic N) is 2. The fraction of sp³-hybridized carbons (Fsp3) is 0.538. The van der Waals surface area contributed by atoms with Crippen LogP contribution in [0.1, 0.15) is 6.92 Å². The molecule has 0 spiro atoms. The summed E-state index contributed by atoms with van der Waals surface area (Å²) in [6.45, 7) is 4.31. The van der Waals surface area contributed by atoms with Crippen LogP contribution < -0.4 is 4.90 Å². The molecule has 0 aromatic heterocycles. The van der Waals surface area contributed by atoms with Crippen molar-refractivity contribution in [3.63, 3.8) is 0 Å². The van der Waals surface area contributed by atoms with E-state index in [0.717, 1.165) is 17.6 Å². The van der Waals surface area contributed by atoms with E-state index >= 15 is 0 Å². The van der Waals surface area contributed by atoms with Crippen molar-refractivity contribution in [2.45, 2.75) is 19.0 Å². The van der Waals surface area contributed by atoms with Crippen LogP contribution >= 0.6 is 15.9 Å². The third-order valence-corrected chi connectivity index (χ3v) is 4.12. The van der Waals surface area contributed by atoms with Crippen molar-refractivity contribution >= 4 is 21.6 Å². The third-order valence-electron chi connectivity index (χ3n) is 3.59. The van der Waals surface area contributed by atoms with Crippen molar-refractivity contribution in [2.24, 2.45) is 0 Å². The first-order valence-electron chi connectivity index (χ1n) is 5.95. The van der Waals surface area contributed by atoms with Gasteiger partial charge in [0.25, 0.3) is 0 Å². The van der Waals surface area contributed by atoms with Crippen LogP contribution in [0.25, 0.3) is 0 Å². The second-order valence-corrected chi connectivity index (χ2v) is 5.65. The lowest BCUT2D eigenvalue weighted by molar-refractivity contribution is 0.0996. The van der Waals surface area contributed by atoms with Crippen LogP contribution in [0.2, 0.25) is 0 Å². The molecule has 1 heterocycles. The largest absolute Gasteiger partial charge is 0.395 e. The zero-order valence-corrected chi connectivity index (χ0v) is 11.9. The van der Waals surface area contributed by atoms with Gasteiger partial charge in [-0.25, -0.2) is 0 Å². The quantitative estimate of drug-likeness (QED) is 0.904. The summed E-state index contributed by atoms with van der Waals surface area (Å²) in [6, 6.07) is 9.05.